The third-order valence-electron chi connectivity index (χ3n) is 5.65. The summed E-state index contributed by atoms with van der Waals surface area (Å²) in [5.41, 5.74) is 0. The molecule has 1 aliphatic rings. The molecule has 1 rings (SSSR count). The van der Waals surface area contributed by atoms with Crippen LogP contribution in [0.5, 0.6) is 0 Å². The van der Waals surface area contributed by atoms with E-state index >= 15 is 0 Å². The van der Waals surface area contributed by atoms with Crippen molar-refractivity contribution < 1.29 is 4.79 Å². The van der Waals surface area contributed by atoms with Crippen molar-refractivity contribution in [2.24, 2.45) is 5.92 Å². The molecule has 1 nitrogen and oxygen atoms in total. The van der Waals surface area contributed by atoms with Crippen molar-refractivity contribution >= 4 is 24.2 Å². The standard InChI is InChI=1S/C8H11O.3C4H9.Sn/c1-7(9)8-5-3-2-4-6-8;3*1-3-4-2;/h2,8H,3,5-6H2,1H3;3*1,3-4H2,2H3;. The van der Waals surface area contributed by atoms with Gasteiger partial charge in [-0.3, -0.25) is 0 Å². The van der Waals surface area contributed by atoms with Crippen molar-refractivity contribution in [3.8, 4) is 0 Å². The molecule has 2 heteroatoms. The molecular formula is C20H38OSn. The molecule has 0 bridgehead atoms. The fourth-order valence-corrected chi connectivity index (χ4v) is 21.4. The zero-order valence-electron chi connectivity index (χ0n) is 15.5. The normalized spacial score (nSPS) is 19.1. The molecule has 0 aliphatic heterocycles. The molecule has 0 radical (unpaired) electrons. The van der Waals surface area contributed by atoms with Gasteiger partial charge in [-0.2, -0.15) is 0 Å². The van der Waals surface area contributed by atoms with Crippen molar-refractivity contribution in [3.63, 3.8) is 0 Å². The number of ketones is 1. The van der Waals surface area contributed by atoms with Gasteiger partial charge in [-0.15, -0.1) is 0 Å². The first-order valence-corrected chi connectivity index (χ1v) is 17.3. The molecule has 0 aromatic heterocycles. The predicted octanol–water partition coefficient (Wildman–Crippen LogP) is 6.69. The molecule has 0 saturated carbocycles. The van der Waals surface area contributed by atoms with Crippen LogP contribution in [0.1, 0.15) is 85.5 Å². The van der Waals surface area contributed by atoms with E-state index in [0.717, 1.165) is 12.8 Å². The number of carbonyl (C=O) groups excluding carboxylic acids is 1. The molecule has 1 unspecified atom stereocenters. The van der Waals surface area contributed by atoms with Gasteiger partial charge in [0, 0.05) is 0 Å². The molecule has 0 N–H and O–H groups in total. The van der Waals surface area contributed by atoms with Gasteiger partial charge in [0.25, 0.3) is 0 Å². The molecule has 0 heterocycles. The quantitative estimate of drug-likeness (QED) is 0.345. The molecule has 1 atom stereocenters. The van der Waals surface area contributed by atoms with Gasteiger partial charge in [0.05, 0.1) is 0 Å². The number of allylic oxidation sites excluding steroid dienone is 2. The Kier molecular flexibility index (Phi) is 10.0. The Bertz CT molecular complexity index is 337. The average molecular weight is 413 g/mol. The SMILES string of the molecule is CCC[CH2][Sn]([CH2]CCC)([CH2]CCC)[C]1=CCCC(C(C)=O)C1. The van der Waals surface area contributed by atoms with Crippen LogP contribution in [-0.2, 0) is 4.79 Å². The third-order valence-corrected chi connectivity index (χ3v) is 21.9. The summed E-state index contributed by atoms with van der Waals surface area (Å²) in [6.45, 7) is 8.83. The van der Waals surface area contributed by atoms with Crippen molar-refractivity contribution in [1.29, 1.82) is 0 Å². The summed E-state index contributed by atoms with van der Waals surface area (Å²) in [6, 6.07) is 0. The van der Waals surface area contributed by atoms with E-state index in [9.17, 15) is 4.79 Å². The van der Waals surface area contributed by atoms with Gasteiger partial charge in [-0.25, -0.2) is 0 Å². The molecule has 128 valence electrons. The second-order valence-electron chi connectivity index (χ2n) is 7.41. The van der Waals surface area contributed by atoms with E-state index in [-0.39, 0.29) is 0 Å². The number of rotatable bonds is 11. The molecule has 0 aromatic carbocycles. The van der Waals surface area contributed by atoms with Crippen LogP contribution in [0.2, 0.25) is 13.3 Å². The van der Waals surface area contributed by atoms with Crippen LogP contribution in [-0.4, -0.2) is 24.2 Å². The topological polar surface area (TPSA) is 17.1 Å². The van der Waals surface area contributed by atoms with Crippen LogP contribution in [0.15, 0.2) is 9.67 Å². The number of hydrogen-bond acceptors (Lipinski definition) is 1. The third kappa shape index (κ3) is 6.01. The van der Waals surface area contributed by atoms with Gasteiger partial charge < -0.3 is 0 Å². The van der Waals surface area contributed by atoms with E-state index < -0.39 is 18.4 Å². The molecule has 0 fully saturated rings. The van der Waals surface area contributed by atoms with E-state index in [1.54, 1.807) is 13.3 Å². The zero-order chi connectivity index (χ0) is 16.4. The van der Waals surface area contributed by atoms with Crippen molar-refractivity contribution in [1.82, 2.24) is 0 Å². The molecule has 0 spiro atoms. The van der Waals surface area contributed by atoms with Crippen molar-refractivity contribution in [2.45, 2.75) is 98.8 Å². The average Bonchev–Trinajstić information content (AvgIpc) is 2.54. The fraction of sp³-hybridized carbons (Fsp3) is 0.850. The molecule has 1 aliphatic carbocycles. The number of Topliss-reactive ketones (excluding diaryl/α,β-unsaturated/α-hetero) is 1. The zero-order valence-corrected chi connectivity index (χ0v) is 18.4. The van der Waals surface area contributed by atoms with Gasteiger partial charge in [-0.1, -0.05) is 0 Å². The summed E-state index contributed by atoms with van der Waals surface area (Å²) < 4.78 is 6.49. The molecule has 0 amide bonds. The van der Waals surface area contributed by atoms with Gasteiger partial charge in [0.15, 0.2) is 0 Å². The monoisotopic (exact) mass is 414 g/mol. The van der Waals surface area contributed by atoms with Crippen molar-refractivity contribution in [2.75, 3.05) is 0 Å². The van der Waals surface area contributed by atoms with Crippen molar-refractivity contribution in [3.05, 3.63) is 9.67 Å². The minimum absolute atomic E-state index is 0.348. The fourth-order valence-electron chi connectivity index (χ4n) is 4.09. The second-order valence-corrected chi connectivity index (χ2v) is 20.8. The Labute approximate surface area is 143 Å². The van der Waals surface area contributed by atoms with Gasteiger partial charge in [0.1, 0.15) is 0 Å². The summed E-state index contributed by atoms with van der Waals surface area (Å²) in [5.74, 6) is 0.785. The summed E-state index contributed by atoms with van der Waals surface area (Å²) in [4.78, 5) is 11.9. The van der Waals surface area contributed by atoms with E-state index in [0.29, 0.717) is 11.7 Å². The van der Waals surface area contributed by atoms with E-state index in [2.05, 4.69) is 26.8 Å². The maximum absolute atomic E-state index is 11.9. The number of carbonyl (C=O) groups is 1. The first-order valence-electron chi connectivity index (χ1n) is 9.79. The molecular weight excluding hydrogens is 375 g/mol. The van der Waals surface area contributed by atoms with Crippen LogP contribution < -0.4 is 0 Å². The number of hydrogen-bond donors (Lipinski definition) is 0. The van der Waals surface area contributed by atoms with Gasteiger partial charge in [0.2, 0.25) is 0 Å². The molecule has 0 aromatic rings. The summed E-state index contributed by atoms with van der Waals surface area (Å²) in [7, 11) is 0. The minimum atomic E-state index is -2.22. The molecule has 22 heavy (non-hydrogen) atoms. The van der Waals surface area contributed by atoms with Gasteiger partial charge in [-0.05, 0) is 0 Å². The van der Waals surface area contributed by atoms with Crippen LogP contribution in [0.25, 0.3) is 0 Å². The first-order chi connectivity index (χ1) is 10.6. The second kappa shape index (κ2) is 10.9. The summed E-state index contributed by atoms with van der Waals surface area (Å²) in [6.07, 6.45) is 14.3. The first kappa shape index (κ1) is 20.3. The van der Waals surface area contributed by atoms with Crippen LogP contribution >= 0.6 is 0 Å². The van der Waals surface area contributed by atoms with Crippen LogP contribution in [0, 0.1) is 5.92 Å². The maximum atomic E-state index is 11.9. The Hall–Kier alpha value is 0.209. The Morgan fingerprint density at radius 2 is 1.55 bits per heavy atom. The Balaban J connectivity index is 2.97. The Morgan fingerprint density at radius 1 is 1.05 bits per heavy atom. The van der Waals surface area contributed by atoms with Crippen LogP contribution in [0.4, 0.5) is 0 Å². The van der Waals surface area contributed by atoms with Gasteiger partial charge >= 0.3 is 143 Å². The number of unbranched alkanes of at least 4 members (excludes halogenated alkanes) is 3. The van der Waals surface area contributed by atoms with E-state index in [1.165, 1.54) is 44.9 Å². The molecule has 0 saturated heterocycles. The van der Waals surface area contributed by atoms with Crippen LogP contribution in [0.3, 0.4) is 0 Å². The van der Waals surface area contributed by atoms with E-state index in [1.807, 2.05) is 10.5 Å². The Morgan fingerprint density at radius 3 is 1.95 bits per heavy atom. The predicted molar refractivity (Wildman–Crippen MR) is 101 cm³/mol. The summed E-state index contributed by atoms with van der Waals surface area (Å²) >= 11 is -2.22. The van der Waals surface area contributed by atoms with E-state index in [4.69, 9.17) is 0 Å². The summed E-state index contributed by atoms with van der Waals surface area (Å²) in [5, 5.41) is 0.